The molecule has 0 spiro atoms. The molecule has 1 aliphatic heterocycles. The van der Waals surface area contributed by atoms with Crippen LogP contribution in [0.1, 0.15) is 15.9 Å². The van der Waals surface area contributed by atoms with E-state index in [-0.39, 0.29) is 18.0 Å². The number of aromatic nitrogens is 2. The number of benzene rings is 2. The van der Waals surface area contributed by atoms with E-state index >= 15 is 0 Å². The fraction of sp³-hybridized carbons (Fsp3) is 0.192. The minimum atomic E-state index is -0.458. The molecule has 166 valence electrons. The normalized spacial score (nSPS) is 14.0. The lowest BCUT2D eigenvalue weighted by Gasteiger charge is -2.36. The maximum Gasteiger partial charge on any atom is 0.265 e. The van der Waals surface area contributed by atoms with Gasteiger partial charge in [0.2, 0.25) is 0 Å². The summed E-state index contributed by atoms with van der Waals surface area (Å²) in [5.41, 5.74) is 1.54. The minimum absolute atomic E-state index is 0.00191. The largest absolute Gasteiger partial charge is 0.368 e. The third kappa shape index (κ3) is 4.09. The highest BCUT2D eigenvalue weighted by Crippen LogP contribution is 2.18. The molecule has 4 aromatic rings. The highest BCUT2D eigenvalue weighted by atomic mass is 19.1. The first-order chi connectivity index (χ1) is 16.1. The fourth-order valence-electron chi connectivity index (χ4n) is 4.28. The van der Waals surface area contributed by atoms with Crippen molar-refractivity contribution in [1.29, 1.82) is 0 Å². The zero-order valence-electron chi connectivity index (χ0n) is 18.0. The van der Waals surface area contributed by atoms with Gasteiger partial charge in [-0.15, -0.1) is 0 Å². The van der Waals surface area contributed by atoms with Crippen LogP contribution in [0.5, 0.6) is 0 Å². The number of piperazine rings is 1. The second kappa shape index (κ2) is 8.86. The minimum Gasteiger partial charge on any atom is -0.368 e. The summed E-state index contributed by atoms with van der Waals surface area (Å²) < 4.78 is 15.7. The van der Waals surface area contributed by atoms with Gasteiger partial charge in [-0.25, -0.2) is 9.37 Å². The van der Waals surface area contributed by atoms with Crippen molar-refractivity contribution in [1.82, 2.24) is 14.5 Å². The van der Waals surface area contributed by atoms with E-state index < -0.39 is 11.4 Å². The lowest BCUT2D eigenvalue weighted by Crippen LogP contribution is -2.50. The van der Waals surface area contributed by atoms with E-state index in [0.717, 1.165) is 5.69 Å². The van der Waals surface area contributed by atoms with Crippen LogP contribution in [0.2, 0.25) is 0 Å². The monoisotopic (exact) mass is 442 g/mol. The molecule has 1 fully saturated rings. The quantitative estimate of drug-likeness (QED) is 0.485. The number of halogens is 1. The maximum atomic E-state index is 14.3. The first-order valence-corrected chi connectivity index (χ1v) is 10.9. The molecule has 6 nitrogen and oxygen atoms in total. The molecular formula is C26H23FN4O2. The highest BCUT2D eigenvalue weighted by Gasteiger charge is 2.26. The second-order valence-corrected chi connectivity index (χ2v) is 8.07. The van der Waals surface area contributed by atoms with E-state index in [1.807, 2.05) is 24.3 Å². The van der Waals surface area contributed by atoms with Gasteiger partial charge >= 0.3 is 0 Å². The molecule has 2 aromatic heterocycles. The smallest absolute Gasteiger partial charge is 0.265 e. The van der Waals surface area contributed by atoms with E-state index in [0.29, 0.717) is 42.8 Å². The van der Waals surface area contributed by atoms with Crippen LogP contribution in [0.4, 0.5) is 10.1 Å². The van der Waals surface area contributed by atoms with E-state index in [2.05, 4.69) is 22.0 Å². The molecule has 33 heavy (non-hydrogen) atoms. The van der Waals surface area contributed by atoms with Crippen LogP contribution in [-0.4, -0.2) is 46.5 Å². The Hall–Kier alpha value is -4.00. The number of rotatable bonds is 4. The molecule has 1 amide bonds. The number of pyridine rings is 2. The fourth-order valence-corrected chi connectivity index (χ4v) is 4.28. The van der Waals surface area contributed by atoms with Gasteiger partial charge in [-0.2, -0.15) is 0 Å². The van der Waals surface area contributed by atoms with Crippen molar-refractivity contribution in [2.24, 2.45) is 0 Å². The SMILES string of the molecule is O=C(c1cc2cccnc2n(Cc2ccccc2F)c1=O)N1CCN(c2ccccc2)CC1. The Bertz CT molecular complexity index is 1360. The molecular weight excluding hydrogens is 419 g/mol. The molecule has 0 saturated carbocycles. The Morgan fingerprint density at radius 2 is 1.64 bits per heavy atom. The summed E-state index contributed by atoms with van der Waals surface area (Å²) in [6.07, 6.45) is 1.59. The summed E-state index contributed by atoms with van der Waals surface area (Å²) in [6, 6.07) is 21.6. The third-order valence-electron chi connectivity index (χ3n) is 6.05. The molecule has 7 heteroatoms. The van der Waals surface area contributed by atoms with Gasteiger partial charge in [0, 0.05) is 49.0 Å². The van der Waals surface area contributed by atoms with Gasteiger partial charge in [-0.05, 0) is 36.4 Å². The summed E-state index contributed by atoms with van der Waals surface area (Å²) in [6.45, 7) is 2.42. The molecule has 0 atom stereocenters. The van der Waals surface area contributed by atoms with Crippen LogP contribution < -0.4 is 10.5 Å². The van der Waals surface area contributed by atoms with Crippen molar-refractivity contribution >= 4 is 22.6 Å². The van der Waals surface area contributed by atoms with Crippen molar-refractivity contribution < 1.29 is 9.18 Å². The zero-order valence-corrected chi connectivity index (χ0v) is 18.0. The van der Waals surface area contributed by atoms with Crippen LogP contribution in [0.15, 0.2) is 83.8 Å². The predicted molar refractivity (Wildman–Crippen MR) is 126 cm³/mol. The molecule has 0 unspecified atom stereocenters. The van der Waals surface area contributed by atoms with Crippen LogP contribution in [-0.2, 0) is 6.54 Å². The molecule has 5 rings (SSSR count). The lowest BCUT2D eigenvalue weighted by molar-refractivity contribution is 0.0744. The summed E-state index contributed by atoms with van der Waals surface area (Å²) >= 11 is 0. The number of hydrogen-bond donors (Lipinski definition) is 0. The molecule has 0 radical (unpaired) electrons. The number of nitrogens with zero attached hydrogens (tertiary/aromatic N) is 4. The number of hydrogen-bond acceptors (Lipinski definition) is 4. The molecule has 1 saturated heterocycles. The van der Waals surface area contributed by atoms with Gasteiger partial charge in [0.05, 0.1) is 6.54 Å². The van der Waals surface area contributed by atoms with E-state index in [1.54, 1.807) is 41.4 Å². The zero-order chi connectivity index (χ0) is 22.8. The highest BCUT2D eigenvalue weighted by molar-refractivity contribution is 5.97. The Morgan fingerprint density at radius 1 is 0.909 bits per heavy atom. The molecule has 3 heterocycles. The number of para-hydroxylation sites is 1. The number of carbonyl (C=O) groups excluding carboxylic acids is 1. The Labute approximate surface area is 190 Å². The summed E-state index contributed by atoms with van der Waals surface area (Å²) in [5, 5.41) is 0.666. The van der Waals surface area contributed by atoms with Gasteiger partial charge in [0.1, 0.15) is 17.0 Å². The van der Waals surface area contributed by atoms with E-state index in [4.69, 9.17) is 0 Å². The van der Waals surface area contributed by atoms with Gasteiger partial charge < -0.3 is 9.80 Å². The topological polar surface area (TPSA) is 58.4 Å². The molecule has 0 N–H and O–H groups in total. The van der Waals surface area contributed by atoms with Gasteiger partial charge in [0.15, 0.2) is 0 Å². The number of amides is 1. The standard InChI is InChI=1S/C26H23FN4O2/c27-23-11-5-4-7-20(23)18-31-24-19(8-6-12-28-24)17-22(26(31)33)25(32)30-15-13-29(14-16-30)21-9-2-1-3-10-21/h1-12,17H,13-16,18H2. The molecule has 2 aromatic carbocycles. The second-order valence-electron chi connectivity index (χ2n) is 8.07. The van der Waals surface area contributed by atoms with Crippen molar-refractivity contribution in [2.75, 3.05) is 31.1 Å². The first-order valence-electron chi connectivity index (χ1n) is 10.9. The van der Waals surface area contributed by atoms with Crippen LogP contribution in [0, 0.1) is 5.82 Å². The molecule has 0 aliphatic carbocycles. The summed E-state index contributed by atoms with van der Waals surface area (Å²) in [5.74, 6) is -0.706. The average molecular weight is 442 g/mol. The van der Waals surface area contributed by atoms with Gasteiger partial charge in [-0.1, -0.05) is 36.4 Å². The van der Waals surface area contributed by atoms with Gasteiger partial charge in [0.25, 0.3) is 11.5 Å². The predicted octanol–water partition coefficient (Wildman–Crippen LogP) is 3.55. The molecule has 1 aliphatic rings. The average Bonchev–Trinajstić information content (AvgIpc) is 2.87. The third-order valence-corrected chi connectivity index (χ3v) is 6.05. The molecule has 0 bridgehead atoms. The number of anilines is 1. The summed E-state index contributed by atoms with van der Waals surface area (Å²) in [4.78, 5) is 35.1. The van der Waals surface area contributed by atoms with Crippen LogP contribution >= 0.6 is 0 Å². The summed E-state index contributed by atoms with van der Waals surface area (Å²) in [7, 11) is 0. The van der Waals surface area contributed by atoms with Crippen LogP contribution in [0.25, 0.3) is 11.0 Å². The van der Waals surface area contributed by atoms with E-state index in [9.17, 15) is 14.0 Å². The van der Waals surface area contributed by atoms with Crippen LogP contribution in [0.3, 0.4) is 0 Å². The Kier molecular flexibility index (Phi) is 5.60. The van der Waals surface area contributed by atoms with E-state index in [1.165, 1.54) is 10.6 Å². The number of fused-ring (bicyclic) bond motifs is 1. The maximum absolute atomic E-state index is 14.3. The first kappa shape index (κ1) is 20.9. The number of carbonyl (C=O) groups is 1. The Balaban J connectivity index is 1.46. The van der Waals surface area contributed by atoms with Crippen molar-refractivity contribution in [3.05, 3.63) is 106 Å². The van der Waals surface area contributed by atoms with Crippen molar-refractivity contribution in [2.45, 2.75) is 6.54 Å². The lowest BCUT2D eigenvalue weighted by atomic mass is 10.1. The van der Waals surface area contributed by atoms with Gasteiger partial charge in [-0.3, -0.25) is 14.2 Å². The Morgan fingerprint density at radius 3 is 2.39 bits per heavy atom. The van der Waals surface area contributed by atoms with Crippen molar-refractivity contribution in [3.8, 4) is 0 Å². The van der Waals surface area contributed by atoms with Crippen molar-refractivity contribution in [3.63, 3.8) is 0 Å².